The van der Waals surface area contributed by atoms with Crippen molar-refractivity contribution in [3.05, 3.63) is 60.4 Å². The Bertz CT molecular complexity index is 2610. The van der Waals surface area contributed by atoms with Crippen LogP contribution in [0, 0.1) is 0 Å². The van der Waals surface area contributed by atoms with Gasteiger partial charge < -0.3 is 56.4 Å². The van der Waals surface area contributed by atoms with Gasteiger partial charge in [0.05, 0.1) is 43.8 Å². The number of aromatic nitrogens is 9. The lowest BCUT2D eigenvalue weighted by molar-refractivity contribution is -0.132. The molecule has 0 aliphatic carbocycles. The average Bonchev–Trinajstić information content (AvgIpc) is 3.94. The van der Waals surface area contributed by atoms with Crippen molar-refractivity contribution in [1.82, 2.24) is 65.1 Å². The summed E-state index contributed by atoms with van der Waals surface area (Å²) in [6, 6.07) is 5.59. The first kappa shape index (κ1) is 47.3. The van der Waals surface area contributed by atoms with E-state index < -0.39 is 0 Å². The van der Waals surface area contributed by atoms with Crippen LogP contribution in [0.4, 0.5) is 23.7 Å². The number of fused-ring (bicyclic) bond motifs is 2. The maximum Gasteiger partial charge on any atom is 0.292 e. The van der Waals surface area contributed by atoms with E-state index in [1.165, 1.54) is 6.33 Å². The quantitative estimate of drug-likeness (QED) is 0.0577. The van der Waals surface area contributed by atoms with Crippen molar-refractivity contribution in [2.45, 2.75) is 38.8 Å². The molecule has 360 valence electrons. The Morgan fingerprint density at radius 2 is 1.46 bits per heavy atom. The van der Waals surface area contributed by atoms with E-state index in [1.807, 2.05) is 17.0 Å². The lowest BCUT2D eigenvalue weighted by atomic mass is 10.1. The van der Waals surface area contributed by atoms with Gasteiger partial charge in [0.15, 0.2) is 11.2 Å². The number of oxazole rings is 1. The first-order valence-electron chi connectivity index (χ1n) is 22.9. The van der Waals surface area contributed by atoms with Gasteiger partial charge in [-0.3, -0.25) is 19.3 Å². The number of benzene rings is 1. The molecule has 3 amide bonds. The van der Waals surface area contributed by atoms with E-state index in [-0.39, 0.29) is 30.2 Å². The van der Waals surface area contributed by atoms with Gasteiger partial charge in [0.25, 0.3) is 11.9 Å². The second-order valence-corrected chi connectivity index (χ2v) is 16.4. The number of carbonyl (C=O) groups is 3. The maximum absolute atomic E-state index is 12.9. The number of rotatable bonds is 22. The highest BCUT2D eigenvalue weighted by Gasteiger charge is 2.24. The van der Waals surface area contributed by atoms with E-state index in [4.69, 9.17) is 36.2 Å². The minimum absolute atomic E-state index is 0.0712. The van der Waals surface area contributed by atoms with E-state index in [9.17, 15) is 14.4 Å². The van der Waals surface area contributed by atoms with E-state index in [2.05, 4.69) is 60.2 Å². The molecular weight excluding hydrogens is 877 g/mol. The summed E-state index contributed by atoms with van der Waals surface area (Å²) < 4.78 is 18.3. The van der Waals surface area contributed by atoms with Crippen molar-refractivity contribution < 1.29 is 28.3 Å². The van der Waals surface area contributed by atoms with Crippen LogP contribution in [0.5, 0.6) is 0 Å². The molecule has 0 bridgehead atoms. The fourth-order valence-electron chi connectivity index (χ4n) is 7.96. The van der Waals surface area contributed by atoms with Gasteiger partial charge in [-0.25, -0.2) is 34.6 Å². The lowest BCUT2D eigenvalue weighted by Crippen LogP contribution is -2.49. The Morgan fingerprint density at radius 3 is 2.21 bits per heavy atom. The van der Waals surface area contributed by atoms with Crippen LogP contribution in [0.1, 0.15) is 41.6 Å². The van der Waals surface area contributed by atoms with Crippen molar-refractivity contribution in [1.29, 1.82) is 0 Å². The molecule has 8 rings (SSSR count). The van der Waals surface area contributed by atoms with Crippen LogP contribution in [0.25, 0.3) is 33.4 Å². The van der Waals surface area contributed by atoms with Gasteiger partial charge in [0, 0.05) is 127 Å². The summed E-state index contributed by atoms with van der Waals surface area (Å²) in [6.07, 6.45) is 9.99. The van der Waals surface area contributed by atoms with Crippen molar-refractivity contribution in [3.8, 4) is 11.3 Å². The fraction of sp³-hybridized carbons (Fsp3) is 0.477. The van der Waals surface area contributed by atoms with Crippen molar-refractivity contribution in [2.75, 3.05) is 120 Å². The minimum atomic E-state index is -0.238. The molecule has 0 unspecified atom stereocenters. The lowest BCUT2D eigenvalue weighted by Gasteiger charge is -2.35. The Kier molecular flexibility index (Phi) is 16.0. The molecule has 0 atom stereocenters. The highest BCUT2D eigenvalue weighted by Crippen LogP contribution is 2.32. The Hall–Kier alpha value is -7.15. The molecule has 2 aliphatic rings. The highest BCUT2D eigenvalue weighted by atomic mass is 16.5. The van der Waals surface area contributed by atoms with E-state index >= 15 is 0 Å². The summed E-state index contributed by atoms with van der Waals surface area (Å²) in [4.78, 5) is 77.0. The Morgan fingerprint density at radius 1 is 0.750 bits per heavy atom. The SMILES string of the molecule is NCCOCCC(=O)NCc1cnc(N2CCN(C(=O)CCOCCN3CCN(c4ncc(C(=O)NCCCCn5nc(-c6ccc7oc(N)nc7c6)c6c(N)ncnc65)cn4)CC3)CC2)nc1. The number of nitrogens with zero attached hydrogens (tertiary/aromatic N) is 13. The molecule has 24 nitrogen and oxygen atoms in total. The molecule has 0 spiro atoms. The summed E-state index contributed by atoms with van der Waals surface area (Å²) in [7, 11) is 0. The van der Waals surface area contributed by atoms with Crippen LogP contribution in [-0.2, 0) is 32.2 Å². The first-order chi connectivity index (χ1) is 33.2. The van der Waals surface area contributed by atoms with Gasteiger partial charge >= 0.3 is 0 Å². The summed E-state index contributed by atoms with van der Waals surface area (Å²) in [6.45, 7) is 9.76. The number of aryl methyl sites for hydroxylation is 1. The van der Waals surface area contributed by atoms with Gasteiger partial charge in [0.1, 0.15) is 23.4 Å². The Labute approximate surface area is 392 Å². The van der Waals surface area contributed by atoms with Gasteiger partial charge in [-0.2, -0.15) is 10.1 Å². The molecule has 8 N–H and O–H groups in total. The number of hydrogen-bond acceptors (Lipinski definition) is 20. The van der Waals surface area contributed by atoms with Crippen molar-refractivity contribution in [3.63, 3.8) is 0 Å². The second-order valence-electron chi connectivity index (χ2n) is 16.4. The number of unbranched alkanes of at least 4 members (excludes halogenated alkanes) is 1. The molecule has 2 saturated heterocycles. The third-order valence-corrected chi connectivity index (χ3v) is 11.7. The third kappa shape index (κ3) is 12.2. The number of hydrogen-bond donors (Lipinski definition) is 5. The molecule has 2 aliphatic heterocycles. The fourth-order valence-corrected chi connectivity index (χ4v) is 7.96. The van der Waals surface area contributed by atoms with E-state index in [0.717, 1.165) is 50.3 Å². The number of anilines is 4. The number of ether oxygens (including phenoxy) is 2. The number of nitrogens with two attached hydrogens (primary N) is 3. The summed E-state index contributed by atoms with van der Waals surface area (Å²) >= 11 is 0. The van der Waals surface area contributed by atoms with Crippen LogP contribution in [0.15, 0.2) is 53.7 Å². The number of carbonyl (C=O) groups excluding carboxylic acids is 3. The summed E-state index contributed by atoms with van der Waals surface area (Å²) in [5.74, 6) is 1.24. The van der Waals surface area contributed by atoms with Gasteiger partial charge in [0.2, 0.25) is 23.7 Å². The normalized spacial score (nSPS) is 14.5. The van der Waals surface area contributed by atoms with Crippen LogP contribution in [0.3, 0.4) is 0 Å². The zero-order valence-corrected chi connectivity index (χ0v) is 38.0. The predicted molar refractivity (Wildman–Crippen MR) is 252 cm³/mol. The van der Waals surface area contributed by atoms with Gasteiger partial charge in [-0.05, 0) is 31.0 Å². The molecule has 2 fully saturated rings. The molecule has 1 aromatic carbocycles. The van der Waals surface area contributed by atoms with Crippen LogP contribution < -0.4 is 37.6 Å². The minimum Gasteiger partial charge on any atom is -0.424 e. The monoisotopic (exact) mass is 934 g/mol. The second kappa shape index (κ2) is 23.0. The maximum atomic E-state index is 12.9. The van der Waals surface area contributed by atoms with Crippen molar-refractivity contribution in [2.24, 2.45) is 5.73 Å². The number of piperazine rings is 2. The van der Waals surface area contributed by atoms with Crippen LogP contribution in [0.2, 0.25) is 0 Å². The zero-order chi connectivity index (χ0) is 47.2. The Balaban J connectivity index is 0.674. The first-order valence-corrected chi connectivity index (χ1v) is 22.9. The van der Waals surface area contributed by atoms with Crippen LogP contribution in [-0.4, -0.2) is 171 Å². The largest absolute Gasteiger partial charge is 0.424 e. The molecule has 5 aromatic heterocycles. The predicted octanol–water partition coefficient (Wildman–Crippen LogP) is 0.448. The molecule has 24 heteroatoms. The molecule has 68 heavy (non-hydrogen) atoms. The van der Waals surface area contributed by atoms with Crippen molar-refractivity contribution >= 4 is 63.6 Å². The number of nitrogens with one attached hydrogen (secondary N) is 2. The molecule has 7 heterocycles. The molecule has 6 aromatic rings. The third-order valence-electron chi connectivity index (χ3n) is 11.7. The molecular formula is C44H58N18O6. The standard InChI is InChI=1S/C44H58N18O6/c45-7-21-66-19-5-35(63)49-24-30-25-50-43(51-26-30)61-16-14-59(15-17-61)36(64)6-20-67-22-18-58-10-12-60(13-11-58)44-52-27-32(28-53-44)41(65)48-8-1-2-9-62-40-37(39(46)54-29-55-40)38(57-62)31-3-4-34-33(23-31)56-42(47)68-34/h3-4,23,25-29H,1-2,5-22,24,45H2,(H2,47,56)(H,48,65)(H,49,63)(H2,46,54,55). The molecule has 0 radical (unpaired) electrons. The van der Waals surface area contributed by atoms with Gasteiger partial charge in [-0.15, -0.1) is 0 Å². The highest BCUT2D eigenvalue weighted by molar-refractivity contribution is 5.99. The molecule has 0 saturated carbocycles. The summed E-state index contributed by atoms with van der Waals surface area (Å²) in [5, 5.41) is 11.3. The smallest absolute Gasteiger partial charge is 0.292 e. The van der Waals surface area contributed by atoms with E-state index in [1.54, 1.807) is 35.5 Å². The average molecular weight is 935 g/mol. The number of nitrogen functional groups attached to an aromatic ring is 2. The van der Waals surface area contributed by atoms with E-state index in [0.29, 0.717) is 143 Å². The van der Waals surface area contributed by atoms with Gasteiger partial charge in [-0.1, -0.05) is 0 Å². The number of amides is 3. The topological polar surface area (TPSA) is 306 Å². The summed E-state index contributed by atoms with van der Waals surface area (Å²) in [5.41, 5.74) is 21.8. The zero-order valence-electron chi connectivity index (χ0n) is 38.0. The van der Waals surface area contributed by atoms with Crippen LogP contribution >= 0.6 is 0 Å².